The van der Waals surface area contributed by atoms with Gasteiger partial charge in [0.15, 0.2) is 0 Å². The fraction of sp³-hybridized carbons (Fsp3) is 0.522. The average Bonchev–Trinajstić information content (AvgIpc) is 2.86. The molecule has 0 spiro atoms. The molecule has 0 fully saturated rings. The van der Waals surface area contributed by atoms with E-state index in [2.05, 4.69) is 24.8 Å². The summed E-state index contributed by atoms with van der Waals surface area (Å²) in [7, 11) is 3.35. The lowest BCUT2D eigenvalue weighted by Gasteiger charge is -2.23. The quantitative estimate of drug-likeness (QED) is 0.230. The van der Waals surface area contributed by atoms with Crippen LogP contribution in [0.4, 0.5) is 4.79 Å². The lowest BCUT2D eigenvalue weighted by Crippen LogP contribution is -2.50. The lowest BCUT2D eigenvalue weighted by atomic mass is 9.95. The van der Waals surface area contributed by atoms with Gasteiger partial charge in [0, 0.05) is 13.0 Å². The maximum atomic E-state index is 12.3. The molecule has 0 aliphatic carbocycles. The molecule has 2 atom stereocenters. The van der Waals surface area contributed by atoms with Gasteiger partial charge >= 0.3 is 24.0 Å². The maximum Gasteiger partial charge on any atom is 0.407 e. The third-order valence-corrected chi connectivity index (χ3v) is 4.85. The molecule has 0 saturated heterocycles. The van der Waals surface area contributed by atoms with Crippen LogP contribution in [0.15, 0.2) is 30.3 Å². The second-order valence-corrected chi connectivity index (χ2v) is 7.28. The Morgan fingerprint density at radius 2 is 1.53 bits per heavy atom. The Morgan fingerprint density at radius 3 is 2.15 bits per heavy atom. The minimum absolute atomic E-state index is 0.0675. The van der Waals surface area contributed by atoms with Gasteiger partial charge in [0.05, 0.1) is 33.7 Å². The van der Waals surface area contributed by atoms with E-state index in [1.807, 2.05) is 30.3 Å². The van der Waals surface area contributed by atoms with E-state index in [1.165, 1.54) is 0 Å². The van der Waals surface area contributed by atoms with Gasteiger partial charge in [-0.05, 0) is 18.4 Å². The van der Waals surface area contributed by atoms with Gasteiger partial charge < -0.3 is 29.6 Å². The summed E-state index contributed by atoms with van der Waals surface area (Å²) in [6, 6.07) is 7.89. The molecule has 11 heteroatoms. The highest BCUT2D eigenvalue weighted by atomic mass is 16.5. The van der Waals surface area contributed by atoms with Gasteiger partial charge in [0.1, 0.15) is 12.6 Å². The smallest absolute Gasteiger partial charge is 0.407 e. The Hall–Kier alpha value is -3.63. The molecule has 0 unspecified atom stereocenters. The summed E-state index contributed by atoms with van der Waals surface area (Å²) < 4.78 is 19.0. The van der Waals surface area contributed by atoms with Crippen LogP contribution in [0.2, 0.25) is 0 Å². The SMILES string of the molecule is COC(=O)C[C@H](C(=O)OC)[C@H](NC(=O)CCCCCNC(=O)OCc1ccccc1)C(=O)OC. The van der Waals surface area contributed by atoms with Crippen LogP contribution >= 0.6 is 0 Å². The highest BCUT2D eigenvalue weighted by Gasteiger charge is 2.38. The molecule has 0 bridgehead atoms. The topological polar surface area (TPSA) is 146 Å². The minimum Gasteiger partial charge on any atom is -0.469 e. The van der Waals surface area contributed by atoms with Crippen LogP contribution in [0.1, 0.15) is 37.7 Å². The molecule has 1 aromatic carbocycles. The van der Waals surface area contributed by atoms with Crippen molar-refractivity contribution < 1.29 is 42.9 Å². The number of rotatable bonds is 14. The summed E-state index contributed by atoms with van der Waals surface area (Å²) in [5.41, 5.74) is 0.884. The van der Waals surface area contributed by atoms with Crippen molar-refractivity contribution in [3.05, 3.63) is 35.9 Å². The number of esters is 3. The maximum absolute atomic E-state index is 12.3. The van der Waals surface area contributed by atoms with Crippen LogP contribution in [0.3, 0.4) is 0 Å². The molecule has 0 heterocycles. The first-order chi connectivity index (χ1) is 16.3. The number of unbranched alkanes of at least 4 members (excludes halogenated alkanes) is 2. The van der Waals surface area contributed by atoms with Gasteiger partial charge in [0.25, 0.3) is 0 Å². The average molecular weight is 481 g/mol. The van der Waals surface area contributed by atoms with Crippen LogP contribution < -0.4 is 10.6 Å². The summed E-state index contributed by atoms with van der Waals surface area (Å²) in [6.45, 7) is 0.556. The van der Waals surface area contributed by atoms with E-state index in [0.717, 1.165) is 26.9 Å². The van der Waals surface area contributed by atoms with E-state index >= 15 is 0 Å². The summed E-state index contributed by atoms with van der Waals surface area (Å²) in [6.07, 6.45) is 0.786. The van der Waals surface area contributed by atoms with Crippen molar-refractivity contribution in [2.24, 2.45) is 5.92 Å². The number of hydrogen-bond acceptors (Lipinski definition) is 9. The number of amides is 2. The summed E-state index contributed by atoms with van der Waals surface area (Å²) in [5.74, 6) is -4.27. The zero-order chi connectivity index (χ0) is 25.3. The Bertz CT molecular complexity index is 814. The highest BCUT2D eigenvalue weighted by molar-refractivity contribution is 5.91. The molecule has 0 aliphatic heterocycles. The molecule has 0 radical (unpaired) electrons. The van der Waals surface area contributed by atoms with E-state index in [0.29, 0.717) is 25.8 Å². The molecule has 0 saturated carbocycles. The van der Waals surface area contributed by atoms with Gasteiger partial charge in [-0.1, -0.05) is 36.8 Å². The van der Waals surface area contributed by atoms with Crippen LogP contribution in [0.5, 0.6) is 0 Å². The van der Waals surface area contributed by atoms with Gasteiger partial charge in [-0.3, -0.25) is 14.4 Å². The summed E-state index contributed by atoms with van der Waals surface area (Å²) in [4.78, 5) is 59.9. The Kier molecular flexibility index (Phi) is 13.4. The van der Waals surface area contributed by atoms with E-state index in [4.69, 9.17) is 4.74 Å². The number of hydrogen-bond donors (Lipinski definition) is 2. The Balaban J connectivity index is 2.39. The van der Waals surface area contributed by atoms with E-state index in [-0.39, 0.29) is 13.0 Å². The molecular formula is C23H32N2O9. The molecule has 1 aromatic rings. The minimum atomic E-state index is -1.40. The van der Waals surface area contributed by atoms with Gasteiger partial charge in [-0.15, -0.1) is 0 Å². The van der Waals surface area contributed by atoms with E-state index in [9.17, 15) is 24.0 Å². The number of ether oxygens (including phenoxy) is 4. The molecule has 188 valence electrons. The van der Waals surface area contributed by atoms with Crippen LogP contribution in [-0.2, 0) is 44.7 Å². The first-order valence-corrected chi connectivity index (χ1v) is 10.8. The number of methoxy groups -OCH3 is 3. The molecule has 0 aromatic heterocycles. The Morgan fingerprint density at radius 1 is 0.853 bits per heavy atom. The molecule has 34 heavy (non-hydrogen) atoms. The molecule has 1 rings (SSSR count). The molecular weight excluding hydrogens is 448 g/mol. The zero-order valence-electron chi connectivity index (χ0n) is 19.7. The number of carbonyl (C=O) groups is 5. The van der Waals surface area contributed by atoms with E-state index in [1.54, 1.807) is 0 Å². The third kappa shape index (κ3) is 10.8. The predicted molar refractivity (Wildman–Crippen MR) is 119 cm³/mol. The monoisotopic (exact) mass is 480 g/mol. The first-order valence-electron chi connectivity index (χ1n) is 10.8. The van der Waals surface area contributed by atoms with Crippen molar-refractivity contribution in [2.45, 2.75) is 44.8 Å². The third-order valence-electron chi connectivity index (χ3n) is 4.85. The second kappa shape index (κ2) is 16.1. The molecule has 0 aliphatic rings. The van der Waals surface area contributed by atoms with Crippen molar-refractivity contribution >= 4 is 29.9 Å². The molecule has 2 N–H and O–H groups in total. The number of nitrogens with one attached hydrogen (secondary N) is 2. The number of carbonyl (C=O) groups excluding carboxylic acids is 5. The zero-order valence-corrected chi connectivity index (χ0v) is 19.7. The van der Waals surface area contributed by atoms with Crippen molar-refractivity contribution in [3.63, 3.8) is 0 Å². The lowest BCUT2D eigenvalue weighted by molar-refractivity contribution is -0.159. The van der Waals surface area contributed by atoms with Gasteiger partial charge in [-0.2, -0.15) is 0 Å². The van der Waals surface area contributed by atoms with Crippen LogP contribution in [-0.4, -0.2) is 63.8 Å². The summed E-state index contributed by atoms with van der Waals surface area (Å²) in [5, 5.41) is 5.08. The first kappa shape index (κ1) is 28.4. The van der Waals surface area contributed by atoms with Crippen molar-refractivity contribution in [2.75, 3.05) is 27.9 Å². The normalized spacial score (nSPS) is 12.0. The van der Waals surface area contributed by atoms with E-state index < -0.39 is 48.3 Å². The Labute approximate surface area is 198 Å². The van der Waals surface area contributed by atoms with Crippen molar-refractivity contribution in [3.8, 4) is 0 Å². The van der Waals surface area contributed by atoms with Gasteiger partial charge in [0.2, 0.25) is 5.91 Å². The highest BCUT2D eigenvalue weighted by Crippen LogP contribution is 2.15. The number of benzene rings is 1. The van der Waals surface area contributed by atoms with Crippen molar-refractivity contribution in [1.82, 2.24) is 10.6 Å². The summed E-state index contributed by atoms with van der Waals surface area (Å²) >= 11 is 0. The molecule has 11 nitrogen and oxygen atoms in total. The fourth-order valence-corrected chi connectivity index (χ4v) is 3.00. The fourth-order valence-electron chi connectivity index (χ4n) is 3.00. The largest absolute Gasteiger partial charge is 0.469 e. The number of alkyl carbamates (subject to hydrolysis) is 1. The second-order valence-electron chi connectivity index (χ2n) is 7.28. The van der Waals surface area contributed by atoms with Crippen LogP contribution in [0.25, 0.3) is 0 Å². The standard InChI is InChI=1S/C23H32N2O9/c1-31-19(27)14-17(21(28)32-2)20(22(29)33-3)25-18(26)12-8-5-9-13-24-23(30)34-15-16-10-6-4-7-11-16/h4,6-7,10-11,17,20H,5,8-9,12-15H2,1-3H3,(H,24,30)(H,25,26)/t17-,20-/m0/s1. The van der Waals surface area contributed by atoms with Crippen LogP contribution in [0, 0.1) is 5.92 Å². The van der Waals surface area contributed by atoms with Gasteiger partial charge in [-0.25, -0.2) is 9.59 Å². The molecule has 2 amide bonds. The van der Waals surface area contributed by atoms with Crippen molar-refractivity contribution in [1.29, 1.82) is 0 Å². The predicted octanol–water partition coefficient (Wildman–Crippen LogP) is 1.48.